The van der Waals surface area contributed by atoms with E-state index in [1.165, 1.54) is 6.20 Å². The molecule has 1 heterocycles. The van der Waals surface area contributed by atoms with Crippen molar-refractivity contribution in [2.75, 3.05) is 10.6 Å². The summed E-state index contributed by atoms with van der Waals surface area (Å²) in [6, 6.07) is 9.81. The first-order chi connectivity index (χ1) is 10.2. The van der Waals surface area contributed by atoms with E-state index in [9.17, 15) is 4.39 Å². The van der Waals surface area contributed by atoms with E-state index < -0.39 is 5.82 Å². The van der Waals surface area contributed by atoms with Crippen molar-refractivity contribution in [3.8, 4) is 0 Å². The molecule has 0 fully saturated rings. The Hall–Kier alpha value is -2.17. The van der Waals surface area contributed by atoms with E-state index in [-0.39, 0.29) is 11.9 Å². The van der Waals surface area contributed by atoms with Crippen LogP contribution in [0.25, 0.3) is 0 Å². The number of para-hydroxylation sites is 1. The highest BCUT2D eigenvalue weighted by molar-refractivity contribution is 5.54. The van der Waals surface area contributed by atoms with Gasteiger partial charge in [-0.3, -0.25) is 0 Å². The fourth-order valence-corrected chi connectivity index (χ4v) is 2.10. The Balaban J connectivity index is 2.13. The standard InChI is InChI=1S/C16H21FN4/c1-3-8-12(4-2)19-15-14(17)11-18-16(21-15)20-13-9-6-5-7-10-13/h5-7,9-12H,3-4,8H2,1-2H3,(H2,18,19,20,21). The molecule has 0 bridgehead atoms. The van der Waals surface area contributed by atoms with Crippen LogP contribution in [0.5, 0.6) is 0 Å². The van der Waals surface area contributed by atoms with E-state index in [1.54, 1.807) is 0 Å². The van der Waals surface area contributed by atoms with Crippen LogP contribution in [0.1, 0.15) is 33.1 Å². The molecule has 0 saturated heterocycles. The van der Waals surface area contributed by atoms with Crippen molar-refractivity contribution in [1.82, 2.24) is 9.97 Å². The normalized spacial score (nSPS) is 12.0. The summed E-state index contributed by atoms with van der Waals surface area (Å²) in [7, 11) is 0. The molecular formula is C16H21FN4. The molecule has 0 radical (unpaired) electrons. The molecule has 0 aliphatic rings. The van der Waals surface area contributed by atoms with Crippen LogP contribution in [0, 0.1) is 5.82 Å². The van der Waals surface area contributed by atoms with Crippen LogP contribution in [0.2, 0.25) is 0 Å². The topological polar surface area (TPSA) is 49.8 Å². The Morgan fingerprint density at radius 2 is 1.95 bits per heavy atom. The Kier molecular flexibility index (Phi) is 5.49. The van der Waals surface area contributed by atoms with Gasteiger partial charge >= 0.3 is 0 Å². The maximum atomic E-state index is 13.8. The minimum absolute atomic E-state index is 0.226. The predicted molar refractivity (Wildman–Crippen MR) is 84.3 cm³/mol. The molecule has 0 amide bonds. The number of benzene rings is 1. The van der Waals surface area contributed by atoms with Crippen molar-refractivity contribution < 1.29 is 4.39 Å². The summed E-state index contributed by atoms with van der Waals surface area (Å²) in [6.07, 6.45) is 4.16. The molecule has 112 valence electrons. The lowest BCUT2D eigenvalue weighted by Crippen LogP contribution is -2.20. The van der Waals surface area contributed by atoms with E-state index in [1.807, 2.05) is 30.3 Å². The number of rotatable bonds is 7. The molecule has 0 saturated carbocycles. The first-order valence-corrected chi connectivity index (χ1v) is 7.34. The summed E-state index contributed by atoms with van der Waals surface area (Å²) >= 11 is 0. The molecular weight excluding hydrogens is 267 g/mol. The number of nitrogens with one attached hydrogen (secondary N) is 2. The van der Waals surface area contributed by atoms with E-state index in [0.29, 0.717) is 5.95 Å². The van der Waals surface area contributed by atoms with Gasteiger partial charge in [-0.1, -0.05) is 38.5 Å². The molecule has 4 nitrogen and oxygen atoms in total. The lowest BCUT2D eigenvalue weighted by molar-refractivity contribution is 0.589. The highest BCUT2D eigenvalue weighted by Gasteiger charge is 2.11. The van der Waals surface area contributed by atoms with Gasteiger partial charge in [0.15, 0.2) is 11.6 Å². The second kappa shape index (κ2) is 7.57. The van der Waals surface area contributed by atoms with Crippen LogP contribution in [0.3, 0.4) is 0 Å². The summed E-state index contributed by atoms with van der Waals surface area (Å²) in [5.74, 6) is 0.211. The molecule has 1 atom stereocenters. The second-order valence-corrected chi connectivity index (χ2v) is 4.92. The largest absolute Gasteiger partial charge is 0.365 e. The maximum Gasteiger partial charge on any atom is 0.229 e. The van der Waals surface area contributed by atoms with Gasteiger partial charge in [0.1, 0.15) is 0 Å². The third-order valence-corrected chi connectivity index (χ3v) is 3.24. The van der Waals surface area contributed by atoms with Gasteiger partial charge in [-0.25, -0.2) is 9.37 Å². The zero-order valence-corrected chi connectivity index (χ0v) is 12.4. The highest BCUT2D eigenvalue weighted by atomic mass is 19.1. The molecule has 0 spiro atoms. The lowest BCUT2D eigenvalue weighted by Gasteiger charge is -2.17. The minimum atomic E-state index is -0.428. The van der Waals surface area contributed by atoms with Crippen LogP contribution < -0.4 is 10.6 Å². The van der Waals surface area contributed by atoms with E-state index in [0.717, 1.165) is 24.9 Å². The van der Waals surface area contributed by atoms with Gasteiger partial charge in [0.2, 0.25) is 5.95 Å². The van der Waals surface area contributed by atoms with Crippen LogP contribution in [0.4, 0.5) is 21.8 Å². The molecule has 21 heavy (non-hydrogen) atoms. The van der Waals surface area contributed by atoms with Crippen LogP contribution in [0.15, 0.2) is 36.5 Å². The van der Waals surface area contributed by atoms with Crippen LogP contribution in [-0.2, 0) is 0 Å². The molecule has 2 N–H and O–H groups in total. The minimum Gasteiger partial charge on any atom is -0.365 e. The predicted octanol–water partition coefficient (Wildman–Crippen LogP) is 4.35. The monoisotopic (exact) mass is 288 g/mol. The summed E-state index contributed by atoms with van der Waals surface area (Å²) in [4.78, 5) is 8.21. The lowest BCUT2D eigenvalue weighted by atomic mass is 10.1. The first kappa shape index (κ1) is 15.2. The Morgan fingerprint density at radius 1 is 1.19 bits per heavy atom. The zero-order valence-electron chi connectivity index (χ0n) is 12.4. The highest BCUT2D eigenvalue weighted by Crippen LogP contribution is 2.18. The zero-order chi connectivity index (χ0) is 15.1. The molecule has 2 aromatic rings. The van der Waals surface area contributed by atoms with Gasteiger partial charge in [-0.2, -0.15) is 4.98 Å². The van der Waals surface area contributed by atoms with Crippen molar-refractivity contribution in [2.45, 2.75) is 39.2 Å². The van der Waals surface area contributed by atoms with Crippen LogP contribution >= 0.6 is 0 Å². The number of hydrogen-bond donors (Lipinski definition) is 2. The van der Waals surface area contributed by atoms with Crippen molar-refractivity contribution in [2.24, 2.45) is 0 Å². The SMILES string of the molecule is CCCC(CC)Nc1nc(Nc2ccccc2)ncc1F. The third-order valence-electron chi connectivity index (χ3n) is 3.24. The number of aromatic nitrogens is 2. The van der Waals surface area contributed by atoms with E-state index >= 15 is 0 Å². The van der Waals surface area contributed by atoms with Gasteiger partial charge in [-0.05, 0) is 25.0 Å². The average Bonchev–Trinajstić information content (AvgIpc) is 2.51. The second-order valence-electron chi connectivity index (χ2n) is 4.92. The summed E-state index contributed by atoms with van der Waals surface area (Å²) < 4.78 is 13.8. The van der Waals surface area contributed by atoms with Crippen molar-refractivity contribution in [1.29, 1.82) is 0 Å². The fourth-order valence-electron chi connectivity index (χ4n) is 2.10. The van der Waals surface area contributed by atoms with E-state index in [4.69, 9.17) is 0 Å². The summed E-state index contributed by atoms with van der Waals surface area (Å²) in [6.45, 7) is 4.19. The Morgan fingerprint density at radius 3 is 2.62 bits per heavy atom. The Bertz CT molecular complexity index is 559. The van der Waals surface area contributed by atoms with E-state index in [2.05, 4.69) is 34.4 Å². The molecule has 0 aliphatic heterocycles. The van der Waals surface area contributed by atoms with Crippen molar-refractivity contribution in [3.05, 3.63) is 42.3 Å². The molecule has 1 aromatic carbocycles. The van der Waals surface area contributed by atoms with Crippen molar-refractivity contribution >= 4 is 17.5 Å². The number of nitrogens with zero attached hydrogens (tertiary/aromatic N) is 2. The van der Waals surface area contributed by atoms with Gasteiger partial charge in [-0.15, -0.1) is 0 Å². The molecule has 1 unspecified atom stereocenters. The molecule has 5 heteroatoms. The van der Waals surface area contributed by atoms with Gasteiger partial charge in [0, 0.05) is 11.7 Å². The van der Waals surface area contributed by atoms with Crippen molar-refractivity contribution in [3.63, 3.8) is 0 Å². The molecule has 0 aliphatic carbocycles. The smallest absolute Gasteiger partial charge is 0.229 e. The summed E-state index contributed by atoms with van der Waals surface area (Å²) in [5.41, 5.74) is 0.871. The molecule has 2 rings (SSSR count). The number of halogens is 1. The number of anilines is 3. The summed E-state index contributed by atoms with van der Waals surface area (Å²) in [5, 5.41) is 6.22. The quantitative estimate of drug-likeness (QED) is 0.795. The third kappa shape index (κ3) is 4.41. The van der Waals surface area contributed by atoms with Gasteiger partial charge in [0.05, 0.1) is 6.20 Å². The number of hydrogen-bond acceptors (Lipinski definition) is 4. The van der Waals surface area contributed by atoms with Gasteiger partial charge in [0.25, 0.3) is 0 Å². The average molecular weight is 288 g/mol. The fraction of sp³-hybridized carbons (Fsp3) is 0.375. The molecule has 1 aromatic heterocycles. The van der Waals surface area contributed by atoms with Gasteiger partial charge < -0.3 is 10.6 Å². The first-order valence-electron chi connectivity index (χ1n) is 7.34. The Labute approximate surface area is 124 Å². The van der Waals surface area contributed by atoms with Crippen LogP contribution in [-0.4, -0.2) is 16.0 Å². The maximum absolute atomic E-state index is 13.8.